The van der Waals surface area contributed by atoms with Gasteiger partial charge in [0.05, 0.1) is 0 Å². The Morgan fingerprint density at radius 2 is 0.347 bits per heavy atom. The van der Waals surface area contributed by atoms with Crippen molar-refractivity contribution in [3.8, 4) is 170 Å². The average Bonchev–Trinajstić information content (AvgIpc) is 1.53. The van der Waals surface area contributed by atoms with Crippen LogP contribution in [0.3, 0.4) is 0 Å². The van der Waals surface area contributed by atoms with E-state index in [2.05, 4.69) is 194 Å². The van der Waals surface area contributed by atoms with Gasteiger partial charge in [0.25, 0.3) is 0 Å². The first-order valence-corrected chi connectivity index (χ1v) is 39.5. The Morgan fingerprint density at radius 3 is 0.703 bits per heavy atom. The van der Waals surface area contributed by atoms with Crippen molar-refractivity contribution in [1.82, 2.24) is 59.8 Å². The number of nitrogens with zero attached hydrogens (tertiary/aromatic N) is 12. The highest BCUT2D eigenvalue weighted by Gasteiger charge is 2.28. The van der Waals surface area contributed by atoms with E-state index < -0.39 is 0 Å². The zero-order valence-corrected chi connectivity index (χ0v) is 63.0. The highest BCUT2D eigenvalue weighted by atomic mass is 15.1. The van der Waals surface area contributed by atoms with E-state index in [4.69, 9.17) is 59.8 Å². The fraction of sp³-hybridized carbons (Fsp3) is 0. The van der Waals surface area contributed by atoms with E-state index in [9.17, 15) is 0 Å². The normalized spacial score (nSPS) is 11.9. The lowest BCUT2D eigenvalue weighted by Crippen LogP contribution is -2.00. The van der Waals surface area contributed by atoms with E-state index in [-0.39, 0.29) is 0 Å². The minimum Gasteiger partial charge on any atom is -0.208 e. The van der Waals surface area contributed by atoms with Gasteiger partial charge in [-0.15, -0.1) is 0 Å². The molecular formula is C106H60N12. The van der Waals surface area contributed by atoms with Crippen LogP contribution < -0.4 is 0 Å². The van der Waals surface area contributed by atoms with Crippen molar-refractivity contribution in [2.24, 2.45) is 0 Å². The maximum atomic E-state index is 5.32. The Balaban J connectivity index is 0.547. The third-order valence-electron chi connectivity index (χ3n) is 23.3. The molecule has 0 atom stereocenters. The molecule has 544 valence electrons. The van der Waals surface area contributed by atoms with Gasteiger partial charge >= 0.3 is 0 Å². The van der Waals surface area contributed by atoms with E-state index in [1.807, 2.05) is 170 Å². The molecule has 0 aliphatic heterocycles. The van der Waals surface area contributed by atoms with E-state index in [1.165, 1.54) is 70.0 Å². The zero-order valence-electron chi connectivity index (χ0n) is 63.0. The summed E-state index contributed by atoms with van der Waals surface area (Å²) in [6, 6.07) is 127. The maximum Gasteiger partial charge on any atom is 0.164 e. The Hall–Kier alpha value is -16.2. The highest BCUT2D eigenvalue weighted by Crippen LogP contribution is 2.52. The zero-order chi connectivity index (χ0) is 77.5. The molecule has 0 spiro atoms. The van der Waals surface area contributed by atoms with Gasteiger partial charge < -0.3 is 0 Å². The molecule has 12 heteroatoms. The predicted molar refractivity (Wildman–Crippen MR) is 478 cm³/mol. The first-order chi connectivity index (χ1) is 58.4. The van der Waals surface area contributed by atoms with Crippen LogP contribution in [0.15, 0.2) is 364 Å². The molecule has 0 radical (unpaired) electrons. The van der Waals surface area contributed by atoms with Crippen molar-refractivity contribution >= 4 is 86.2 Å². The molecule has 0 saturated carbocycles. The van der Waals surface area contributed by atoms with Gasteiger partial charge in [0, 0.05) is 66.8 Å². The second kappa shape index (κ2) is 26.7. The molecule has 1 aliphatic carbocycles. The number of aromatic nitrogens is 12. The van der Waals surface area contributed by atoms with Crippen LogP contribution in [0.1, 0.15) is 0 Å². The Labute approximate surface area is 675 Å². The molecule has 12 nitrogen and oxygen atoms in total. The summed E-state index contributed by atoms with van der Waals surface area (Å²) < 4.78 is 0. The van der Waals surface area contributed by atoms with Crippen LogP contribution in [0.2, 0.25) is 0 Å². The lowest BCUT2D eigenvalue weighted by atomic mass is 9.93. The van der Waals surface area contributed by atoms with E-state index in [0.29, 0.717) is 69.9 Å². The second-order valence-electron chi connectivity index (χ2n) is 30.1. The third-order valence-corrected chi connectivity index (χ3v) is 23.3. The molecule has 0 saturated heterocycles. The Morgan fingerprint density at radius 1 is 0.102 bits per heavy atom. The molecule has 0 amide bonds. The second-order valence-corrected chi connectivity index (χ2v) is 30.1. The lowest BCUT2D eigenvalue weighted by Gasteiger charge is -2.11. The number of hydrogen-bond acceptors (Lipinski definition) is 12. The number of rotatable bonds is 13. The molecule has 0 bridgehead atoms. The largest absolute Gasteiger partial charge is 0.208 e. The van der Waals surface area contributed by atoms with E-state index >= 15 is 0 Å². The molecule has 0 unspecified atom stereocenters. The summed E-state index contributed by atoms with van der Waals surface area (Å²) in [4.78, 5) is 61.9. The standard InChI is InChI=1S/C106H60N12/c1-7-22-63(23-8-1)95-107-96(64-24-9-2-10-25-64)112-103(111-95)72-49-52-75-86(57-72)79-36-20-38-81-89-60-91-76-53-50-73(58-87(76)80-37-21-39-82(94(80)91)88(89)59-90(75)93(79)81)105-114-98(66-28-13-4-14-29-66)109-102(116-105)70-46-42-62(43-47-70)61-40-44-69(45-41-61)101-108-97(65-26-11-3-12-27-65)113-104(115-101)71-48-51-74-83-54-55-84(77-34-19-35-78(92(77)83)85(74)56-71)106-117-99(67-30-15-5-16-31-67)110-100(118-106)68-32-17-6-18-33-68/h1-60H. The monoisotopic (exact) mass is 1500 g/mol. The predicted octanol–water partition coefficient (Wildman–Crippen LogP) is 25.8. The summed E-state index contributed by atoms with van der Waals surface area (Å²) in [6.45, 7) is 0. The van der Waals surface area contributed by atoms with Crippen molar-refractivity contribution in [1.29, 1.82) is 0 Å². The minimum absolute atomic E-state index is 0.570. The van der Waals surface area contributed by atoms with Crippen molar-refractivity contribution in [3.05, 3.63) is 364 Å². The van der Waals surface area contributed by atoms with E-state index in [1.54, 1.807) is 0 Å². The number of benzene rings is 17. The molecule has 0 N–H and O–H groups in total. The topological polar surface area (TPSA) is 155 Å². The molecule has 4 aromatic heterocycles. The quantitative estimate of drug-likeness (QED) is 0.101. The summed E-state index contributed by atoms with van der Waals surface area (Å²) in [5.41, 5.74) is 17.5. The van der Waals surface area contributed by atoms with Crippen molar-refractivity contribution < 1.29 is 0 Å². The molecule has 4 heterocycles. The van der Waals surface area contributed by atoms with Crippen LogP contribution in [-0.2, 0) is 0 Å². The van der Waals surface area contributed by atoms with Gasteiger partial charge in [0.15, 0.2) is 69.9 Å². The van der Waals surface area contributed by atoms with Gasteiger partial charge in [-0.25, -0.2) is 59.8 Å². The summed E-state index contributed by atoms with van der Waals surface area (Å²) in [7, 11) is 0. The van der Waals surface area contributed by atoms with Gasteiger partial charge in [-0.1, -0.05) is 328 Å². The molecule has 23 aromatic rings. The maximum absolute atomic E-state index is 5.32. The molecule has 1 aliphatic rings. The summed E-state index contributed by atoms with van der Waals surface area (Å²) in [6.07, 6.45) is 0. The fourth-order valence-corrected chi connectivity index (χ4v) is 17.7. The van der Waals surface area contributed by atoms with Crippen molar-refractivity contribution in [3.63, 3.8) is 0 Å². The fourth-order valence-electron chi connectivity index (χ4n) is 17.7. The van der Waals surface area contributed by atoms with Gasteiger partial charge in [-0.2, -0.15) is 0 Å². The average molecular weight is 1500 g/mol. The van der Waals surface area contributed by atoms with Crippen molar-refractivity contribution in [2.75, 3.05) is 0 Å². The lowest BCUT2D eigenvalue weighted by molar-refractivity contribution is 1.07. The van der Waals surface area contributed by atoms with Crippen LogP contribution in [0, 0.1) is 0 Å². The van der Waals surface area contributed by atoms with Gasteiger partial charge in [0.1, 0.15) is 0 Å². The highest BCUT2D eigenvalue weighted by molar-refractivity contribution is 6.41. The number of fused-ring (bicyclic) bond motifs is 12. The first kappa shape index (κ1) is 66.4. The summed E-state index contributed by atoms with van der Waals surface area (Å²) >= 11 is 0. The molecule has 19 aromatic carbocycles. The first-order valence-electron chi connectivity index (χ1n) is 39.5. The third kappa shape index (κ3) is 11.0. The molecule has 118 heavy (non-hydrogen) atoms. The Bertz CT molecular complexity index is 7880. The van der Waals surface area contributed by atoms with Crippen molar-refractivity contribution in [2.45, 2.75) is 0 Å². The summed E-state index contributed by atoms with van der Waals surface area (Å²) in [5, 5.41) is 19.1. The van der Waals surface area contributed by atoms with Gasteiger partial charge in [-0.05, 0) is 156 Å². The van der Waals surface area contributed by atoms with Crippen LogP contribution in [0.25, 0.3) is 256 Å². The van der Waals surface area contributed by atoms with E-state index in [0.717, 1.165) is 116 Å². The van der Waals surface area contributed by atoms with Crippen LogP contribution in [0.5, 0.6) is 0 Å². The molecule has 24 rings (SSSR count). The number of hydrogen-bond donors (Lipinski definition) is 0. The van der Waals surface area contributed by atoms with Crippen LogP contribution in [0.4, 0.5) is 0 Å². The van der Waals surface area contributed by atoms with Gasteiger partial charge in [-0.3, -0.25) is 0 Å². The SMILES string of the molecule is c1ccc(-c2nc(-c3ccc(-c4ccc(-c5nc(-c6ccccc6)nc(-c6ccc7c(c6)c6cccc8c9cc%10c%11ccc(-c%12nc(-c%13ccccc%13)nc(-c%13ccccc%13)n%12)cc%11c%11cccc(c9cc7c68)c%11%10)n5)cc4)cc3)nc(-c3ccc4c(c3)-c3cccc5c(-c6nc(-c7ccccc7)nc(-c7ccccc7)n6)ccc-4c35)n2)cc1. The van der Waals surface area contributed by atoms with Crippen LogP contribution >= 0.6 is 0 Å². The summed E-state index contributed by atoms with van der Waals surface area (Å²) in [5.74, 6) is 7.26. The van der Waals surface area contributed by atoms with Crippen LogP contribution in [-0.4, -0.2) is 59.8 Å². The molecule has 0 fully saturated rings. The molecular weight excluding hydrogens is 1440 g/mol. The smallest absolute Gasteiger partial charge is 0.164 e. The Kier molecular flexibility index (Phi) is 15.1. The van der Waals surface area contributed by atoms with Gasteiger partial charge in [0.2, 0.25) is 0 Å². The minimum atomic E-state index is 0.570.